The van der Waals surface area contributed by atoms with Gasteiger partial charge in [0.15, 0.2) is 5.78 Å². The maximum absolute atomic E-state index is 12.2. The van der Waals surface area contributed by atoms with Crippen LogP contribution in [0.25, 0.3) is 0 Å². The largest absolute Gasteiger partial charge is 0.496 e. The lowest BCUT2D eigenvalue weighted by molar-refractivity contribution is 0.0946. The predicted octanol–water partition coefficient (Wildman–Crippen LogP) is 1.16. The van der Waals surface area contributed by atoms with Crippen molar-refractivity contribution in [3.8, 4) is 5.75 Å². The van der Waals surface area contributed by atoms with Gasteiger partial charge < -0.3 is 4.74 Å². The molecule has 0 heterocycles. The van der Waals surface area contributed by atoms with Crippen molar-refractivity contribution in [2.45, 2.75) is 6.92 Å². The normalized spacial score (nSPS) is 11.7. The van der Waals surface area contributed by atoms with E-state index in [4.69, 9.17) is 4.74 Å². The minimum atomic E-state index is -3.02. The van der Waals surface area contributed by atoms with Crippen molar-refractivity contribution in [2.24, 2.45) is 0 Å². The van der Waals surface area contributed by atoms with Crippen molar-refractivity contribution in [2.75, 3.05) is 39.3 Å². The van der Waals surface area contributed by atoms with Gasteiger partial charge in [-0.3, -0.25) is 9.69 Å². The Bertz CT molecular complexity index is 581. The summed E-state index contributed by atoms with van der Waals surface area (Å²) < 4.78 is 27.4. The molecule has 0 radical (unpaired) electrons. The number of Topliss-reactive ketones (excluding diaryl/α,β-unsaturated/α-hetero) is 1. The zero-order valence-corrected chi connectivity index (χ0v) is 13.2. The van der Waals surface area contributed by atoms with E-state index >= 15 is 0 Å². The van der Waals surface area contributed by atoms with E-state index in [0.29, 0.717) is 17.9 Å². The van der Waals surface area contributed by atoms with Crippen LogP contribution < -0.4 is 4.74 Å². The molecular formula is C14H21NO4S. The first-order valence-corrected chi connectivity index (χ1v) is 8.33. The van der Waals surface area contributed by atoms with Crippen LogP contribution in [0.5, 0.6) is 5.75 Å². The number of carbonyl (C=O) groups is 1. The van der Waals surface area contributed by atoms with E-state index in [1.54, 1.807) is 18.0 Å². The second-order valence-corrected chi connectivity index (χ2v) is 7.25. The third-order valence-corrected chi connectivity index (χ3v) is 3.84. The van der Waals surface area contributed by atoms with Gasteiger partial charge in [-0.05, 0) is 31.7 Å². The molecule has 0 spiro atoms. The number of methoxy groups -OCH3 is 1. The van der Waals surface area contributed by atoms with Crippen LogP contribution in [0.2, 0.25) is 0 Å². The van der Waals surface area contributed by atoms with E-state index in [9.17, 15) is 13.2 Å². The van der Waals surface area contributed by atoms with E-state index in [2.05, 4.69) is 0 Å². The Morgan fingerprint density at radius 1 is 1.35 bits per heavy atom. The van der Waals surface area contributed by atoms with Crippen LogP contribution in [0.3, 0.4) is 0 Å². The van der Waals surface area contributed by atoms with Crippen molar-refractivity contribution in [3.05, 3.63) is 29.3 Å². The number of benzene rings is 1. The Morgan fingerprint density at radius 3 is 2.55 bits per heavy atom. The minimum Gasteiger partial charge on any atom is -0.496 e. The SMILES string of the molecule is COc1cc(C)ccc1C(=O)CN(C)CCS(C)(=O)=O. The van der Waals surface area contributed by atoms with Gasteiger partial charge in [0, 0.05) is 12.8 Å². The van der Waals surface area contributed by atoms with Crippen molar-refractivity contribution in [1.82, 2.24) is 4.90 Å². The first-order valence-electron chi connectivity index (χ1n) is 6.27. The van der Waals surface area contributed by atoms with Crippen molar-refractivity contribution >= 4 is 15.6 Å². The molecule has 5 nitrogen and oxygen atoms in total. The number of ketones is 1. The quantitative estimate of drug-likeness (QED) is 0.707. The summed E-state index contributed by atoms with van der Waals surface area (Å²) >= 11 is 0. The molecule has 0 aliphatic heterocycles. The van der Waals surface area contributed by atoms with Crippen LogP contribution in [0, 0.1) is 6.92 Å². The lowest BCUT2D eigenvalue weighted by atomic mass is 10.1. The third-order valence-electron chi connectivity index (χ3n) is 2.91. The molecule has 6 heteroatoms. The molecule has 0 saturated carbocycles. The number of aryl methyl sites for hydroxylation is 1. The fourth-order valence-electron chi connectivity index (χ4n) is 1.76. The van der Waals surface area contributed by atoms with Crippen LogP contribution in [0.4, 0.5) is 0 Å². The van der Waals surface area contributed by atoms with E-state index < -0.39 is 9.84 Å². The molecule has 0 saturated heterocycles. The van der Waals surface area contributed by atoms with Gasteiger partial charge in [-0.2, -0.15) is 0 Å². The topological polar surface area (TPSA) is 63.7 Å². The molecule has 0 unspecified atom stereocenters. The van der Waals surface area contributed by atoms with Crippen molar-refractivity contribution in [3.63, 3.8) is 0 Å². The molecule has 0 N–H and O–H groups in total. The second kappa shape index (κ2) is 6.85. The number of sulfone groups is 1. The number of carbonyl (C=O) groups excluding carboxylic acids is 1. The summed E-state index contributed by atoms with van der Waals surface area (Å²) in [5.74, 6) is 0.506. The van der Waals surface area contributed by atoms with Gasteiger partial charge in [0.25, 0.3) is 0 Å². The Morgan fingerprint density at radius 2 is 2.00 bits per heavy atom. The van der Waals surface area contributed by atoms with Gasteiger partial charge >= 0.3 is 0 Å². The van der Waals surface area contributed by atoms with Crippen molar-refractivity contribution in [1.29, 1.82) is 0 Å². The van der Waals surface area contributed by atoms with Gasteiger partial charge in [0.05, 0.1) is 25.0 Å². The molecule has 0 atom stereocenters. The summed E-state index contributed by atoms with van der Waals surface area (Å²) in [6.45, 7) is 2.42. The average Bonchev–Trinajstić information content (AvgIpc) is 2.35. The zero-order chi connectivity index (χ0) is 15.3. The van der Waals surface area contributed by atoms with E-state index in [0.717, 1.165) is 5.56 Å². The average molecular weight is 299 g/mol. The summed E-state index contributed by atoms with van der Waals surface area (Å²) in [5.41, 5.74) is 1.54. The number of rotatable bonds is 7. The molecule has 1 aromatic rings. The first kappa shape index (κ1) is 16.7. The first-order chi connectivity index (χ1) is 9.23. The van der Waals surface area contributed by atoms with Crippen LogP contribution in [-0.2, 0) is 9.84 Å². The molecule has 112 valence electrons. The molecule has 20 heavy (non-hydrogen) atoms. The highest BCUT2D eigenvalue weighted by Crippen LogP contribution is 2.20. The monoisotopic (exact) mass is 299 g/mol. The Kier molecular flexibility index (Phi) is 5.71. The zero-order valence-electron chi connectivity index (χ0n) is 12.3. The molecule has 0 fully saturated rings. The summed E-state index contributed by atoms with van der Waals surface area (Å²) in [5, 5.41) is 0. The maximum Gasteiger partial charge on any atom is 0.180 e. The molecule has 0 aromatic heterocycles. The van der Waals surface area contributed by atoms with Gasteiger partial charge in [-0.25, -0.2) is 8.42 Å². The third kappa shape index (κ3) is 5.30. The van der Waals surface area contributed by atoms with E-state index in [1.807, 2.05) is 19.1 Å². The fourth-order valence-corrected chi connectivity index (χ4v) is 2.40. The highest BCUT2D eigenvalue weighted by molar-refractivity contribution is 7.90. The van der Waals surface area contributed by atoms with E-state index in [-0.39, 0.29) is 18.1 Å². The van der Waals surface area contributed by atoms with Gasteiger partial charge in [0.2, 0.25) is 0 Å². The Labute approximate surface area is 120 Å². The Balaban J connectivity index is 2.71. The fraction of sp³-hybridized carbons (Fsp3) is 0.500. The van der Waals surface area contributed by atoms with Crippen LogP contribution >= 0.6 is 0 Å². The molecule has 0 aliphatic carbocycles. The summed E-state index contributed by atoms with van der Waals surface area (Å²) in [6, 6.07) is 5.40. The van der Waals surface area contributed by atoms with Crippen LogP contribution in [0.1, 0.15) is 15.9 Å². The number of nitrogens with zero attached hydrogens (tertiary/aromatic N) is 1. The number of hydrogen-bond acceptors (Lipinski definition) is 5. The number of hydrogen-bond donors (Lipinski definition) is 0. The molecule has 1 rings (SSSR count). The van der Waals surface area contributed by atoms with E-state index in [1.165, 1.54) is 13.4 Å². The molecule has 0 amide bonds. The lowest BCUT2D eigenvalue weighted by Crippen LogP contribution is -2.30. The maximum atomic E-state index is 12.2. The summed E-state index contributed by atoms with van der Waals surface area (Å²) in [4.78, 5) is 13.9. The van der Waals surface area contributed by atoms with Crippen LogP contribution in [0.15, 0.2) is 18.2 Å². The summed E-state index contributed by atoms with van der Waals surface area (Å²) in [7, 11) is 0.237. The predicted molar refractivity (Wildman–Crippen MR) is 79.3 cm³/mol. The standard InChI is InChI=1S/C14H21NO4S/c1-11-5-6-12(14(9-11)19-3)13(16)10-15(2)7-8-20(4,17)18/h5-6,9H,7-8,10H2,1-4H3. The summed E-state index contributed by atoms with van der Waals surface area (Å²) in [6.07, 6.45) is 1.19. The minimum absolute atomic E-state index is 0.0435. The highest BCUT2D eigenvalue weighted by atomic mass is 32.2. The van der Waals surface area contributed by atoms with Gasteiger partial charge in [0.1, 0.15) is 15.6 Å². The smallest absolute Gasteiger partial charge is 0.180 e. The molecule has 0 aliphatic rings. The molecule has 1 aromatic carbocycles. The highest BCUT2D eigenvalue weighted by Gasteiger charge is 2.15. The number of ether oxygens (including phenoxy) is 1. The molecule has 0 bridgehead atoms. The van der Waals surface area contributed by atoms with Gasteiger partial charge in [-0.1, -0.05) is 6.07 Å². The number of likely N-dealkylation sites (N-methyl/N-ethyl adjacent to an activating group) is 1. The van der Waals surface area contributed by atoms with Gasteiger partial charge in [-0.15, -0.1) is 0 Å². The lowest BCUT2D eigenvalue weighted by Gasteiger charge is -2.16. The Hall–Kier alpha value is -1.40. The van der Waals surface area contributed by atoms with Crippen molar-refractivity contribution < 1.29 is 17.9 Å². The second-order valence-electron chi connectivity index (χ2n) is 4.99. The molecular weight excluding hydrogens is 278 g/mol. The van der Waals surface area contributed by atoms with Crippen LogP contribution in [-0.4, -0.2) is 58.4 Å².